The number of amides is 1. The normalized spacial score (nSPS) is 37.7. The van der Waals surface area contributed by atoms with Gasteiger partial charge in [-0.1, -0.05) is 36.7 Å². The Kier molecular flexibility index (Phi) is 2.77. The van der Waals surface area contributed by atoms with E-state index >= 15 is 0 Å². The SMILES string of the molecule is CC1(C)[C@@H](CBr)CC[C@]1(C)C(N)=O. The van der Waals surface area contributed by atoms with Gasteiger partial charge in [0.1, 0.15) is 0 Å². The molecular formula is C10H18BrNO. The van der Waals surface area contributed by atoms with Crippen molar-refractivity contribution < 1.29 is 4.79 Å². The Morgan fingerprint density at radius 2 is 2.08 bits per heavy atom. The number of rotatable bonds is 2. The van der Waals surface area contributed by atoms with E-state index in [2.05, 4.69) is 29.8 Å². The molecule has 1 rings (SSSR count). The predicted octanol–water partition coefficient (Wildman–Crippen LogP) is 2.31. The summed E-state index contributed by atoms with van der Waals surface area (Å²) in [7, 11) is 0. The molecule has 0 unspecified atom stereocenters. The van der Waals surface area contributed by atoms with Gasteiger partial charge in [-0.25, -0.2) is 0 Å². The summed E-state index contributed by atoms with van der Waals surface area (Å²) in [6, 6.07) is 0. The van der Waals surface area contributed by atoms with Gasteiger partial charge in [0.15, 0.2) is 0 Å². The Morgan fingerprint density at radius 3 is 2.31 bits per heavy atom. The van der Waals surface area contributed by atoms with Crippen LogP contribution in [0.25, 0.3) is 0 Å². The number of hydrogen-bond donors (Lipinski definition) is 1. The molecule has 0 radical (unpaired) electrons. The quantitative estimate of drug-likeness (QED) is 0.748. The van der Waals surface area contributed by atoms with Crippen molar-refractivity contribution in [3.05, 3.63) is 0 Å². The molecule has 2 nitrogen and oxygen atoms in total. The summed E-state index contributed by atoms with van der Waals surface area (Å²) < 4.78 is 0. The van der Waals surface area contributed by atoms with E-state index in [9.17, 15) is 4.79 Å². The van der Waals surface area contributed by atoms with E-state index in [1.54, 1.807) is 0 Å². The average Bonchev–Trinajstić information content (AvgIpc) is 2.25. The molecule has 1 amide bonds. The third kappa shape index (κ3) is 1.41. The summed E-state index contributed by atoms with van der Waals surface area (Å²) in [4.78, 5) is 11.4. The molecule has 0 saturated heterocycles. The average molecular weight is 248 g/mol. The molecule has 3 heteroatoms. The highest BCUT2D eigenvalue weighted by molar-refractivity contribution is 9.09. The summed E-state index contributed by atoms with van der Waals surface area (Å²) in [5.74, 6) is 0.408. The number of carbonyl (C=O) groups is 1. The first-order chi connectivity index (χ1) is 5.86. The van der Waals surface area contributed by atoms with Gasteiger partial charge in [-0.3, -0.25) is 4.79 Å². The molecule has 0 aromatic rings. The summed E-state index contributed by atoms with van der Waals surface area (Å²) in [5.41, 5.74) is 5.16. The minimum atomic E-state index is -0.328. The molecule has 1 fully saturated rings. The fourth-order valence-corrected chi connectivity index (χ4v) is 3.44. The van der Waals surface area contributed by atoms with E-state index in [0.29, 0.717) is 5.92 Å². The van der Waals surface area contributed by atoms with Gasteiger partial charge in [-0.05, 0) is 24.2 Å². The summed E-state index contributed by atoms with van der Waals surface area (Å²) in [6.45, 7) is 6.30. The lowest BCUT2D eigenvalue weighted by Crippen LogP contribution is -2.44. The Balaban J connectivity index is 2.99. The number of alkyl halides is 1. The van der Waals surface area contributed by atoms with Crippen LogP contribution in [0.15, 0.2) is 0 Å². The highest BCUT2D eigenvalue weighted by atomic mass is 79.9. The maximum absolute atomic E-state index is 11.4. The van der Waals surface area contributed by atoms with Gasteiger partial charge in [-0.2, -0.15) is 0 Å². The Morgan fingerprint density at radius 1 is 1.54 bits per heavy atom. The van der Waals surface area contributed by atoms with Crippen LogP contribution in [0.5, 0.6) is 0 Å². The van der Waals surface area contributed by atoms with Crippen LogP contribution < -0.4 is 5.73 Å². The number of halogens is 1. The van der Waals surface area contributed by atoms with Crippen molar-refractivity contribution >= 4 is 21.8 Å². The minimum absolute atomic E-state index is 0.0162. The number of primary amides is 1. The second-order valence-electron chi connectivity index (χ2n) is 4.81. The Labute approximate surface area is 88.4 Å². The van der Waals surface area contributed by atoms with Crippen LogP contribution in [0.2, 0.25) is 0 Å². The molecule has 1 saturated carbocycles. The highest BCUT2D eigenvalue weighted by Crippen LogP contribution is 2.56. The van der Waals surface area contributed by atoms with Crippen molar-refractivity contribution in [2.24, 2.45) is 22.5 Å². The van der Waals surface area contributed by atoms with Gasteiger partial charge in [0.05, 0.1) is 5.41 Å². The predicted molar refractivity (Wildman–Crippen MR) is 57.6 cm³/mol. The molecule has 0 aromatic heterocycles. The van der Waals surface area contributed by atoms with Crippen molar-refractivity contribution in [3.8, 4) is 0 Å². The van der Waals surface area contributed by atoms with Crippen molar-refractivity contribution in [2.75, 3.05) is 5.33 Å². The van der Waals surface area contributed by atoms with E-state index in [1.807, 2.05) is 6.92 Å². The van der Waals surface area contributed by atoms with Gasteiger partial charge < -0.3 is 5.73 Å². The van der Waals surface area contributed by atoms with Crippen LogP contribution in [-0.4, -0.2) is 11.2 Å². The minimum Gasteiger partial charge on any atom is -0.369 e. The topological polar surface area (TPSA) is 43.1 Å². The molecule has 0 bridgehead atoms. The van der Waals surface area contributed by atoms with E-state index in [1.165, 1.54) is 0 Å². The first kappa shape index (κ1) is 11.0. The number of nitrogens with two attached hydrogens (primary N) is 1. The molecule has 2 atom stereocenters. The lowest BCUT2D eigenvalue weighted by atomic mass is 9.66. The second kappa shape index (κ2) is 3.26. The maximum Gasteiger partial charge on any atom is 0.223 e. The second-order valence-corrected chi connectivity index (χ2v) is 5.46. The fraction of sp³-hybridized carbons (Fsp3) is 0.900. The highest BCUT2D eigenvalue weighted by Gasteiger charge is 2.54. The summed E-state index contributed by atoms with van der Waals surface area (Å²) in [5, 5.41) is 0.961. The van der Waals surface area contributed by atoms with Crippen molar-refractivity contribution in [2.45, 2.75) is 33.6 Å². The lowest BCUT2D eigenvalue weighted by molar-refractivity contribution is -0.132. The molecule has 0 heterocycles. The summed E-state index contributed by atoms with van der Waals surface area (Å²) in [6.07, 6.45) is 2.02. The third-order valence-electron chi connectivity index (χ3n) is 4.17. The lowest BCUT2D eigenvalue weighted by Gasteiger charge is -2.38. The first-order valence-corrected chi connectivity index (χ1v) is 5.84. The standard InChI is InChI=1S/C10H18BrNO/c1-9(2)7(6-11)4-5-10(9,3)8(12)13/h7H,4-6H2,1-3H3,(H2,12,13)/t7-,10-/m1/s1. The molecular weight excluding hydrogens is 230 g/mol. The van der Waals surface area contributed by atoms with Crippen LogP contribution in [-0.2, 0) is 4.79 Å². The van der Waals surface area contributed by atoms with Gasteiger partial charge in [-0.15, -0.1) is 0 Å². The third-order valence-corrected chi connectivity index (χ3v) is 4.95. The molecule has 13 heavy (non-hydrogen) atoms. The fourth-order valence-electron chi connectivity index (χ4n) is 2.31. The molecule has 2 N–H and O–H groups in total. The van der Waals surface area contributed by atoms with Gasteiger partial charge in [0, 0.05) is 5.33 Å². The maximum atomic E-state index is 11.4. The van der Waals surface area contributed by atoms with Crippen LogP contribution in [0, 0.1) is 16.7 Å². The molecule has 0 aliphatic heterocycles. The first-order valence-electron chi connectivity index (χ1n) is 4.72. The van der Waals surface area contributed by atoms with Crippen molar-refractivity contribution in [1.82, 2.24) is 0 Å². The molecule has 0 aromatic carbocycles. The van der Waals surface area contributed by atoms with E-state index in [-0.39, 0.29) is 16.7 Å². The van der Waals surface area contributed by atoms with E-state index in [0.717, 1.165) is 18.2 Å². The van der Waals surface area contributed by atoms with Crippen LogP contribution in [0.1, 0.15) is 33.6 Å². The smallest absolute Gasteiger partial charge is 0.223 e. The van der Waals surface area contributed by atoms with Crippen LogP contribution >= 0.6 is 15.9 Å². The molecule has 1 aliphatic rings. The van der Waals surface area contributed by atoms with Gasteiger partial charge in [0.2, 0.25) is 5.91 Å². The molecule has 0 spiro atoms. The zero-order valence-electron chi connectivity index (χ0n) is 8.56. The zero-order valence-corrected chi connectivity index (χ0v) is 10.1. The largest absolute Gasteiger partial charge is 0.369 e. The molecule has 1 aliphatic carbocycles. The number of carbonyl (C=O) groups excluding carboxylic acids is 1. The van der Waals surface area contributed by atoms with Gasteiger partial charge >= 0.3 is 0 Å². The zero-order chi connectivity index (χ0) is 10.3. The Hall–Kier alpha value is -0.0500. The summed E-state index contributed by atoms with van der Waals surface area (Å²) >= 11 is 3.50. The van der Waals surface area contributed by atoms with Crippen molar-refractivity contribution in [1.29, 1.82) is 0 Å². The van der Waals surface area contributed by atoms with E-state index in [4.69, 9.17) is 5.73 Å². The van der Waals surface area contributed by atoms with E-state index < -0.39 is 0 Å². The molecule has 76 valence electrons. The Bertz CT molecular complexity index is 227. The van der Waals surface area contributed by atoms with Crippen LogP contribution in [0.3, 0.4) is 0 Å². The number of hydrogen-bond acceptors (Lipinski definition) is 1. The monoisotopic (exact) mass is 247 g/mol. The van der Waals surface area contributed by atoms with Gasteiger partial charge in [0.25, 0.3) is 0 Å². The van der Waals surface area contributed by atoms with Crippen molar-refractivity contribution in [3.63, 3.8) is 0 Å². The van der Waals surface area contributed by atoms with Crippen LogP contribution in [0.4, 0.5) is 0 Å².